The van der Waals surface area contributed by atoms with Crippen LogP contribution < -0.4 is 23.7 Å². The maximum absolute atomic E-state index is 14.2. The van der Waals surface area contributed by atoms with Gasteiger partial charge in [-0.25, -0.2) is 4.90 Å². The topological polar surface area (TPSA) is 673 Å². The van der Waals surface area contributed by atoms with Gasteiger partial charge in [0.1, 0.15) is 5.56 Å². The summed E-state index contributed by atoms with van der Waals surface area (Å²) in [6, 6.07) is 5.95. The molecule has 2 aliphatic carbocycles. The van der Waals surface area contributed by atoms with E-state index < -0.39 is 233 Å². The van der Waals surface area contributed by atoms with Crippen LogP contribution in [0.2, 0.25) is 0 Å². The van der Waals surface area contributed by atoms with E-state index in [0.29, 0.717) is 12.0 Å². The number of carbonyl (C=O) groups excluding carboxylic acids is 2. The van der Waals surface area contributed by atoms with Gasteiger partial charge in [-0.1, -0.05) is 30.3 Å². The van der Waals surface area contributed by atoms with Gasteiger partial charge in [0.05, 0.1) is 43.6 Å². The summed E-state index contributed by atoms with van der Waals surface area (Å²) in [7, 11) is 2.40. The average Bonchev–Trinajstić information content (AvgIpc) is 1.08. The Balaban J connectivity index is 1.06. The van der Waals surface area contributed by atoms with Crippen molar-refractivity contribution in [1.82, 2.24) is 9.80 Å². The molecule has 4 aromatic carbocycles. The standard InChI is InChI=1S/C48H56N2O36/c1-82-31-22(51)17-19(26(55)32(31)83-2)40(65,66)37(61,35(17)59)39(63,64)16-9-11-49(12-10-16)42(69,70)21-24(53)28(57)30(29(58)25(21)54)85-14-86-34-23(52)18-20(27(56)33(34)84-3)41(67,68)38(62,36(18)60)44(72,73)43(71)45(74,75)47(78,79)50(48(80,81)46(43,76)77)13-15-7-5-4-6-8-15/h4-8,16,51-58,61-81H,9-14H2,1-3H3. The highest BCUT2D eigenvalue weighted by atomic mass is 16.7. The van der Waals surface area contributed by atoms with Crippen molar-refractivity contribution >= 4 is 11.6 Å². The number of carbonyl (C=O) groups is 2. The molecule has 474 valence electrons. The zero-order valence-corrected chi connectivity index (χ0v) is 43.9. The second-order valence-electron chi connectivity index (χ2n) is 20.4. The fourth-order valence-electron chi connectivity index (χ4n) is 11.4. The van der Waals surface area contributed by atoms with Gasteiger partial charge in [-0.15, -0.1) is 0 Å². The lowest BCUT2D eigenvalue weighted by molar-refractivity contribution is -0.626. The number of ketones is 2. The number of rotatable bonds is 15. The fraction of sp³-hybridized carbons (Fsp3) is 0.458. The van der Waals surface area contributed by atoms with Gasteiger partial charge in [-0.2, -0.15) is 4.90 Å². The predicted molar refractivity (Wildman–Crippen MR) is 260 cm³/mol. The minimum atomic E-state index is -6.02. The Morgan fingerprint density at radius 1 is 0.500 bits per heavy atom. The molecule has 2 aliphatic heterocycles. The van der Waals surface area contributed by atoms with Gasteiger partial charge in [0.15, 0.2) is 34.5 Å². The van der Waals surface area contributed by atoms with E-state index in [1.165, 1.54) is 18.2 Å². The summed E-state index contributed by atoms with van der Waals surface area (Å²) in [5.74, 6) is -70.8. The first-order valence-electron chi connectivity index (χ1n) is 24.2. The molecule has 38 nitrogen and oxygen atoms in total. The summed E-state index contributed by atoms with van der Waals surface area (Å²) in [6.45, 7) is -4.88. The van der Waals surface area contributed by atoms with Crippen molar-refractivity contribution in [3.05, 3.63) is 63.7 Å². The molecule has 0 saturated carbocycles. The summed E-state index contributed by atoms with van der Waals surface area (Å²) >= 11 is 0. The predicted octanol–water partition coefficient (Wildman–Crippen LogP) is -10.3. The number of piperidine rings is 2. The molecule has 4 aromatic rings. The maximum Gasteiger partial charge on any atom is 0.290 e. The van der Waals surface area contributed by atoms with Crippen LogP contribution >= 0.6 is 0 Å². The van der Waals surface area contributed by atoms with Gasteiger partial charge < -0.3 is 172 Å². The number of nitrogens with zero attached hydrogens (tertiary/aromatic N) is 2. The second kappa shape index (κ2) is 19.6. The highest BCUT2D eigenvalue weighted by molar-refractivity contribution is 6.13. The van der Waals surface area contributed by atoms with E-state index in [-0.39, 0.29) is 5.56 Å². The lowest BCUT2D eigenvalue weighted by Gasteiger charge is -2.66. The first-order chi connectivity index (χ1) is 39.2. The molecule has 29 N–H and O–H groups in total. The molecule has 0 aromatic heterocycles. The van der Waals surface area contributed by atoms with Crippen LogP contribution in [0, 0.1) is 5.92 Å². The average molecular weight is 1240 g/mol. The third kappa shape index (κ3) is 7.52. The number of ether oxygens (including phenoxy) is 5. The number of hydrogen-bond acceptors (Lipinski definition) is 38. The van der Waals surface area contributed by atoms with E-state index >= 15 is 0 Å². The van der Waals surface area contributed by atoms with Gasteiger partial charge in [0.25, 0.3) is 29.3 Å². The van der Waals surface area contributed by atoms with Gasteiger partial charge in [0.2, 0.25) is 98.6 Å². The highest BCUT2D eigenvalue weighted by Gasteiger charge is 2.95. The molecule has 86 heavy (non-hydrogen) atoms. The number of benzene rings is 4. The largest absolute Gasteiger partial charge is 0.504 e. The van der Waals surface area contributed by atoms with E-state index in [1.807, 2.05) is 0 Å². The molecule has 0 spiro atoms. The molecule has 38 heteroatoms. The maximum atomic E-state index is 14.2. The Bertz CT molecular complexity index is 3380. The second-order valence-corrected chi connectivity index (χ2v) is 20.4. The Labute approximate surface area is 476 Å². The van der Waals surface area contributed by atoms with Crippen molar-refractivity contribution in [2.45, 2.75) is 88.6 Å². The Morgan fingerprint density at radius 3 is 1.33 bits per heavy atom. The molecule has 2 atom stereocenters. The molecule has 2 fully saturated rings. The number of aromatic hydroxyl groups is 8. The number of likely N-dealkylation sites (tertiary alicyclic amines) is 2. The van der Waals surface area contributed by atoms with Crippen molar-refractivity contribution in [3.8, 4) is 74.7 Å². The molecule has 4 aliphatic rings. The number of Topliss-reactive ketones (excluding diaryl/α,β-unsaturated/α-hetero) is 2. The van der Waals surface area contributed by atoms with Crippen LogP contribution in [-0.2, 0) is 24.0 Å². The zero-order valence-electron chi connectivity index (χ0n) is 43.9. The van der Waals surface area contributed by atoms with E-state index in [9.17, 15) is 158 Å². The molecule has 2 unspecified atom stereocenters. The van der Waals surface area contributed by atoms with Crippen LogP contribution in [0.15, 0.2) is 30.3 Å². The van der Waals surface area contributed by atoms with Gasteiger partial charge >= 0.3 is 0 Å². The number of hydrogen-bond donors (Lipinski definition) is 29. The summed E-state index contributed by atoms with van der Waals surface area (Å²) in [5, 5.41) is 327. The Morgan fingerprint density at radius 2 is 0.884 bits per heavy atom. The summed E-state index contributed by atoms with van der Waals surface area (Å²) < 4.78 is 24.8. The minimum absolute atomic E-state index is 0.273. The van der Waals surface area contributed by atoms with Crippen LogP contribution in [0.5, 0.6) is 74.7 Å². The fourth-order valence-corrected chi connectivity index (χ4v) is 11.4. The van der Waals surface area contributed by atoms with Gasteiger partial charge in [0, 0.05) is 25.6 Å². The molecular formula is C48H56N2O36. The first kappa shape index (κ1) is 64.7. The summed E-state index contributed by atoms with van der Waals surface area (Å²) in [4.78, 5) is 27.6. The number of aliphatic hydroxyl groups is 21. The van der Waals surface area contributed by atoms with Crippen molar-refractivity contribution in [1.29, 1.82) is 0 Å². The van der Waals surface area contributed by atoms with Crippen LogP contribution in [0.25, 0.3) is 0 Å². The number of phenolic OH excluding ortho intramolecular Hbond substituents is 8. The zero-order chi connectivity index (χ0) is 65.2. The SMILES string of the molecule is COc1c(O)c2c(c(O)c1OC)C(O)(O)C(O)(C(O)(O)C1CCN(C(O)(O)c3c(O)c(O)c(OCOc4c(O)c5c(c(O)c4OC)C(O)(O)C(O)(C(O)(O)C4(O)C(O)(O)C(O)(O)N(Cc6ccccc6)C(O)(O)C4(O)O)C5=O)c(O)c3O)CC1)C2=O. The van der Waals surface area contributed by atoms with E-state index in [4.69, 9.17) is 23.7 Å². The van der Waals surface area contributed by atoms with Gasteiger partial charge in [-0.05, 0) is 18.4 Å². The summed E-state index contributed by atoms with van der Waals surface area (Å²) in [5.41, 5.74) is -24.2. The van der Waals surface area contributed by atoms with Crippen LogP contribution in [0.4, 0.5) is 0 Å². The highest BCUT2D eigenvalue weighted by Crippen LogP contribution is 2.66. The Kier molecular flexibility index (Phi) is 14.7. The van der Waals surface area contributed by atoms with Crippen molar-refractivity contribution in [3.63, 3.8) is 0 Å². The number of phenols is 8. The van der Waals surface area contributed by atoms with Crippen LogP contribution in [-0.4, -0.2) is 262 Å². The lowest BCUT2D eigenvalue weighted by atomic mass is 9.62. The van der Waals surface area contributed by atoms with Gasteiger partial charge in [-0.3, -0.25) is 9.59 Å². The van der Waals surface area contributed by atoms with E-state index in [0.717, 1.165) is 26.4 Å². The number of methoxy groups -OCH3 is 3. The molecule has 0 radical (unpaired) electrons. The molecule has 2 heterocycles. The lowest BCUT2D eigenvalue weighted by Crippen LogP contribution is -2.99. The molecule has 0 amide bonds. The Hall–Kier alpha value is -7.30. The third-order valence-electron chi connectivity index (χ3n) is 16.2. The molecule has 0 bridgehead atoms. The minimum Gasteiger partial charge on any atom is -0.504 e. The normalized spacial score (nSPS) is 24.0. The van der Waals surface area contributed by atoms with E-state index in [1.54, 1.807) is 0 Å². The van der Waals surface area contributed by atoms with Crippen LogP contribution in [0.1, 0.15) is 55.8 Å². The monoisotopic (exact) mass is 1240 g/mol. The van der Waals surface area contributed by atoms with Crippen molar-refractivity contribution in [2.75, 3.05) is 41.2 Å². The van der Waals surface area contributed by atoms with E-state index in [2.05, 4.69) is 0 Å². The number of fused-ring (bicyclic) bond motifs is 2. The smallest absolute Gasteiger partial charge is 0.290 e. The molecule has 8 rings (SSSR count). The van der Waals surface area contributed by atoms with Crippen molar-refractivity contribution < 1.29 is 181 Å². The van der Waals surface area contributed by atoms with Crippen LogP contribution in [0.3, 0.4) is 0 Å². The molecule has 2 saturated heterocycles. The molecular weight excluding hydrogens is 1180 g/mol. The third-order valence-corrected chi connectivity index (χ3v) is 16.2. The summed E-state index contributed by atoms with van der Waals surface area (Å²) in [6.07, 6.45) is -1.65. The quantitative estimate of drug-likeness (QED) is 0.0299. The van der Waals surface area contributed by atoms with Crippen molar-refractivity contribution in [2.24, 2.45) is 5.92 Å². The first-order valence-corrected chi connectivity index (χ1v) is 24.2.